The number of carbonyl (C=O) groups is 1. The van der Waals surface area contributed by atoms with E-state index in [2.05, 4.69) is 5.32 Å². The zero-order chi connectivity index (χ0) is 15.4. The molecule has 2 aromatic rings. The van der Waals surface area contributed by atoms with Crippen LogP contribution in [0.4, 0.5) is 4.79 Å². The second kappa shape index (κ2) is 6.85. The summed E-state index contributed by atoms with van der Waals surface area (Å²) in [5.41, 5.74) is 1.02. The predicted molar refractivity (Wildman–Crippen MR) is 82.7 cm³/mol. The number of morpholine rings is 1. The van der Waals surface area contributed by atoms with E-state index in [4.69, 9.17) is 20.8 Å². The smallest absolute Gasteiger partial charge is 0.317 e. The van der Waals surface area contributed by atoms with Crippen LogP contribution in [0.3, 0.4) is 0 Å². The molecule has 5 nitrogen and oxygen atoms in total. The van der Waals surface area contributed by atoms with Crippen LogP contribution in [-0.4, -0.2) is 30.6 Å². The van der Waals surface area contributed by atoms with Gasteiger partial charge in [-0.1, -0.05) is 23.7 Å². The first-order chi connectivity index (χ1) is 10.7. The van der Waals surface area contributed by atoms with E-state index in [0.29, 0.717) is 31.3 Å². The number of hydrogen-bond acceptors (Lipinski definition) is 3. The molecule has 22 heavy (non-hydrogen) atoms. The third kappa shape index (κ3) is 3.61. The van der Waals surface area contributed by atoms with Crippen LogP contribution in [0, 0.1) is 0 Å². The monoisotopic (exact) mass is 320 g/mol. The molecular formula is C16H17ClN2O3. The second-order valence-electron chi connectivity index (χ2n) is 5.10. The van der Waals surface area contributed by atoms with Crippen molar-refractivity contribution in [1.29, 1.82) is 0 Å². The van der Waals surface area contributed by atoms with E-state index < -0.39 is 0 Å². The fourth-order valence-corrected chi connectivity index (χ4v) is 2.53. The Labute approximate surface area is 133 Å². The fraction of sp³-hybridized carbons (Fsp3) is 0.312. The number of benzene rings is 1. The van der Waals surface area contributed by atoms with Crippen molar-refractivity contribution < 1.29 is 13.9 Å². The van der Waals surface area contributed by atoms with Crippen LogP contribution < -0.4 is 5.32 Å². The number of halogens is 1. The van der Waals surface area contributed by atoms with Crippen LogP contribution in [0.15, 0.2) is 47.1 Å². The second-order valence-corrected chi connectivity index (χ2v) is 5.53. The highest BCUT2D eigenvalue weighted by Crippen LogP contribution is 2.23. The maximum Gasteiger partial charge on any atom is 0.317 e. The maximum atomic E-state index is 12.2. The Balaban J connectivity index is 1.57. The lowest BCUT2D eigenvalue weighted by Gasteiger charge is -2.33. The Bertz CT molecular complexity index is 613. The first kappa shape index (κ1) is 14.9. The summed E-state index contributed by atoms with van der Waals surface area (Å²) < 4.78 is 11.0. The van der Waals surface area contributed by atoms with Crippen LogP contribution in [0.5, 0.6) is 0 Å². The van der Waals surface area contributed by atoms with Crippen LogP contribution in [0.2, 0.25) is 5.02 Å². The van der Waals surface area contributed by atoms with Crippen LogP contribution in [-0.2, 0) is 11.3 Å². The molecule has 1 aliphatic heterocycles. The topological polar surface area (TPSA) is 54.7 Å². The molecular weight excluding hydrogens is 304 g/mol. The Morgan fingerprint density at radius 3 is 2.86 bits per heavy atom. The first-order valence-electron chi connectivity index (χ1n) is 7.14. The SMILES string of the molecule is O=C(NCc1ccco1)N1CCOC(c2ccc(Cl)cc2)C1. The number of urea groups is 1. The number of carbonyl (C=O) groups excluding carboxylic acids is 1. The molecule has 1 unspecified atom stereocenters. The lowest BCUT2D eigenvalue weighted by atomic mass is 10.1. The first-order valence-corrected chi connectivity index (χ1v) is 7.52. The Hall–Kier alpha value is -1.98. The molecule has 0 bridgehead atoms. The van der Waals surface area contributed by atoms with Crippen molar-refractivity contribution in [1.82, 2.24) is 10.2 Å². The number of furan rings is 1. The summed E-state index contributed by atoms with van der Waals surface area (Å²) in [5, 5.41) is 3.54. The average molecular weight is 321 g/mol. The van der Waals surface area contributed by atoms with Gasteiger partial charge in [0.25, 0.3) is 0 Å². The normalized spacial score (nSPS) is 18.2. The van der Waals surface area contributed by atoms with Crippen molar-refractivity contribution in [2.24, 2.45) is 0 Å². The Kier molecular flexibility index (Phi) is 4.65. The van der Waals surface area contributed by atoms with Gasteiger partial charge in [0.05, 0.1) is 26.0 Å². The molecule has 2 heterocycles. The highest BCUT2D eigenvalue weighted by atomic mass is 35.5. The highest BCUT2D eigenvalue weighted by Gasteiger charge is 2.25. The minimum Gasteiger partial charge on any atom is -0.467 e. The van der Waals surface area contributed by atoms with Gasteiger partial charge in [0.15, 0.2) is 0 Å². The zero-order valence-electron chi connectivity index (χ0n) is 12.0. The van der Waals surface area contributed by atoms with Gasteiger partial charge in [-0.15, -0.1) is 0 Å². The van der Waals surface area contributed by atoms with Gasteiger partial charge in [0.2, 0.25) is 0 Å². The van der Waals surface area contributed by atoms with Crippen molar-refractivity contribution >= 4 is 17.6 Å². The molecule has 1 N–H and O–H groups in total. The van der Waals surface area contributed by atoms with Crippen molar-refractivity contribution in [2.75, 3.05) is 19.7 Å². The number of hydrogen-bond donors (Lipinski definition) is 1. The number of amides is 2. The number of rotatable bonds is 3. The molecule has 6 heteroatoms. The van der Waals surface area contributed by atoms with Gasteiger partial charge in [-0.25, -0.2) is 4.79 Å². The molecule has 1 aromatic heterocycles. The number of ether oxygens (including phenoxy) is 1. The molecule has 1 fully saturated rings. The van der Waals surface area contributed by atoms with E-state index in [9.17, 15) is 4.79 Å². The van der Waals surface area contributed by atoms with E-state index in [1.165, 1.54) is 0 Å². The Morgan fingerprint density at radius 1 is 1.32 bits per heavy atom. The molecule has 0 aliphatic carbocycles. The molecule has 116 valence electrons. The van der Waals surface area contributed by atoms with Gasteiger partial charge in [0, 0.05) is 11.6 Å². The third-order valence-corrected chi connectivity index (χ3v) is 3.84. The average Bonchev–Trinajstić information content (AvgIpc) is 3.07. The van der Waals surface area contributed by atoms with E-state index in [-0.39, 0.29) is 12.1 Å². The van der Waals surface area contributed by atoms with Gasteiger partial charge < -0.3 is 19.4 Å². The predicted octanol–water partition coefficient (Wildman–Crippen LogP) is 3.22. The van der Waals surface area contributed by atoms with Crippen LogP contribution in [0.1, 0.15) is 17.4 Å². The summed E-state index contributed by atoms with van der Waals surface area (Å²) in [7, 11) is 0. The molecule has 0 radical (unpaired) electrons. The van der Waals surface area contributed by atoms with Gasteiger partial charge in [-0.2, -0.15) is 0 Å². The van der Waals surface area contributed by atoms with Crippen molar-refractivity contribution in [3.8, 4) is 0 Å². The highest BCUT2D eigenvalue weighted by molar-refractivity contribution is 6.30. The molecule has 0 spiro atoms. The maximum absolute atomic E-state index is 12.2. The summed E-state index contributed by atoms with van der Waals surface area (Å²) in [6, 6.07) is 11.0. The molecule has 0 saturated carbocycles. The number of nitrogens with zero attached hydrogens (tertiary/aromatic N) is 1. The minimum atomic E-state index is -0.125. The summed E-state index contributed by atoms with van der Waals surface area (Å²) in [4.78, 5) is 14.0. The van der Waals surface area contributed by atoms with Crippen molar-refractivity contribution in [3.63, 3.8) is 0 Å². The minimum absolute atomic E-state index is 0.112. The van der Waals surface area contributed by atoms with Crippen molar-refractivity contribution in [3.05, 3.63) is 59.0 Å². The van der Waals surface area contributed by atoms with Gasteiger partial charge in [-0.05, 0) is 29.8 Å². The van der Waals surface area contributed by atoms with E-state index in [0.717, 1.165) is 11.3 Å². The summed E-state index contributed by atoms with van der Waals surface area (Å²) in [5.74, 6) is 0.732. The molecule has 3 rings (SSSR count). The van der Waals surface area contributed by atoms with E-state index >= 15 is 0 Å². The molecule has 1 atom stereocenters. The summed E-state index contributed by atoms with van der Waals surface area (Å²) >= 11 is 5.90. The fourth-order valence-electron chi connectivity index (χ4n) is 2.40. The quantitative estimate of drug-likeness (QED) is 0.944. The molecule has 1 aromatic carbocycles. The van der Waals surface area contributed by atoms with Gasteiger partial charge in [0.1, 0.15) is 11.9 Å². The lowest BCUT2D eigenvalue weighted by Crippen LogP contribution is -2.46. The standard InChI is InChI=1S/C16H17ClN2O3/c17-13-5-3-12(4-6-13)15-11-19(7-9-22-15)16(20)18-10-14-2-1-8-21-14/h1-6,8,15H,7,9-11H2,(H,18,20). The zero-order valence-corrected chi connectivity index (χ0v) is 12.8. The largest absolute Gasteiger partial charge is 0.467 e. The Morgan fingerprint density at radius 2 is 2.14 bits per heavy atom. The van der Waals surface area contributed by atoms with Crippen molar-refractivity contribution in [2.45, 2.75) is 12.6 Å². The summed E-state index contributed by atoms with van der Waals surface area (Å²) in [6.45, 7) is 2.00. The van der Waals surface area contributed by atoms with Crippen LogP contribution in [0.25, 0.3) is 0 Å². The third-order valence-electron chi connectivity index (χ3n) is 3.59. The molecule has 1 aliphatic rings. The van der Waals surface area contributed by atoms with Crippen LogP contribution >= 0.6 is 11.6 Å². The van der Waals surface area contributed by atoms with E-state index in [1.54, 1.807) is 17.2 Å². The molecule has 2 amide bonds. The van der Waals surface area contributed by atoms with Gasteiger partial charge in [-0.3, -0.25) is 0 Å². The number of nitrogens with one attached hydrogen (secondary N) is 1. The van der Waals surface area contributed by atoms with Gasteiger partial charge >= 0.3 is 6.03 Å². The van der Waals surface area contributed by atoms with E-state index in [1.807, 2.05) is 30.3 Å². The summed E-state index contributed by atoms with van der Waals surface area (Å²) in [6.07, 6.45) is 1.47. The molecule has 1 saturated heterocycles. The lowest BCUT2D eigenvalue weighted by molar-refractivity contribution is -0.0155.